The Morgan fingerprint density at radius 3 is 3.11 bits per heavy atom. The molecule has 0 radical (unpaired) electrons. The first kappa shape index (κ1) is 11.8. The van der Waals surface area contributed by atoms with E-state index in [1.54, 1.807) is 6.20 Å². The highest BCUT2D eigenvalue weighted by molar-refractivity contribution is 5.90. The second-order valence-corrected chi connectivity index (χ2v) is 5.07. The van der Waals surface area contributed by atoms with Gasteiger partial charge in [-0.05, 0) is 25.0 Å². The van der Waals surface area contributed by atoms with Gasteiger partial charge < -0.3 is 16.0 Å². The van der Waals surface area contributed by atoms with Crippen LogP contribution in [0, 0.1) is 0 Å². The Balaban J connectivity index is 1.77. The molecule has 0 bridgehead atoms. The molecule has 1 amide bonds. The number of likely N-dealkylation sites (N-methyl/N-ethyl adjacent to an activating group) is 1. The molecule has 6 nitrogen and oxygen atoms in total. The number of anilines is 2. The molecule has 3 rings (SSSR count). The number of nitrogens with two attached hydrogens (primary N) is 1. The summed E-state index contributed by atoms with van der Waals surface area (Å²) in [6.07, 6.45) is 3.92. The minimum absolute atomic E-state index is 0.0362. The Morgan fingerprint density at radius 1 is 1.58 bits per heavy atom. The van der Waals surface area contributed by atoms with Crippen LogP contribution in [0.25, 0.3) is 10.9 Å². The van der Waals surface area contributed by atoms with Gasteiger partial charge in [-0.1, -0.05) is 0 Å². The monoisotopic (exact) mass is 259 g/mol. The number of rotatable bonds is 4. The van der Waals surface area contributed by atoms with Crippen LogP contribution in [-0.4, -0.2) is 35.7 Å². The maximum atomic E-state index is 11.8. The second kappa shape index (κ2) is 4.46. The number of nitrogen functional groups attached to an aromatic ring is 1. The number of amides is 1. The zero-order valence-electron chi connectivity index (χ0n) is 10.8. The van der Waals surface area contributed by atoms with Crippen molar-refractivity contribution >= 4 is 28.2 Å². The van der Waals surface area contributed by atoms with E-state index in [0.717, 1.165) is 29.4 Å². The zero-order chi connectivity index (χ0) is 13.4. The molecule has 6 heteroatoms. The first-order chi connectivity index (χ1) is 9.13. The van der Waals surface area contributed by atoms with Crippen molar-refractivity contribution in [2.45, 2.75) is 18.9 Å². The molecule has 1 aromatic carbocycles. The summed E-state index contributed by atoms with van der Waals surface area (Å²) in [5.74, 6) is 0.0362. The third kappa shape index (κ3) is 2.47. The number of hydrogen-bond acceptors (Lipinski definition) is 4. The normalized spacial score (nSPS) is 14.6. The Hall–Kier alpha value is -2.24. The Morgan fingerprint density at radius 2 is 2.37 bits per heavy atom. The summed E-state index contributed by atoms with van der Waals surface area (Å²) in [5, 5.41) is 10.8. The van der Waals surface area contributed by atoms with E-state index in [4.69, 9.17) is 5.73 Å². The summed E-state index contributed by atoms with van der Waals surface area (Å²) in [5.41, 5.74) is 8.42. The SMILES string of the molecule is CN(CC(=O)NC1CC1)c1cc2[nH]ncc2cc1N. The van der Waals surface area contributed by atoms with E-state index in [9.17, 15) is 4.79 Å². The summed E-state index contributed by atoms with van der Waals surface area (Å²) in [7, 11) is 1.86. The van der Waals surface area contributed by atoms with E-state index in [2.05, 4.69) is 15.5 Å². The first-order valence-corrected chi connectivity index (χ1v) is 6.36. The fraction of sp³-hybridized carbons (Fsp3) is 0.385. The van der Waals surface area contributed by atoms with Crippen molar-refractivity contribution in [3.05, 3.63) is 18.3 Å². The van der Waals surface area contributed by atoms with Crippen LogP contribution in [0.15, 0.2) is 18.3 Å². The lowest BCUT2D eigenvalue weighted by Gasteiger charge is -2.20. The van der Waals surface area contributed by atoms with Gasteiger partial charge in [0.15, 0.2) is 0 Å². The number of aromatic amines is 1. The Bertz CT molecular complexity index is 617. The molecule has 0 atom stereocenters. The number of nitrogens with one attached hydrogen (secondary N) is 2. The molecule has 1 aliphatic rings. The number of carbonyl (C=O) groups is 1. The predicted octanol–water partition coefficient (Wildman–Crippen LogP) is 0.860. The van der Waals surface area contributed by atoms with Crippen LogP contribution < -0.4 is 16.0 Å². The zero-order valence-corrected chi connectivity index (χ0v) is 10.8. The lowest BCUT2D eigenvalue weighted by Crippen LogP contribution is -2.36. The number of nitrogens with zero attached hydrogens (tertiary/aromatic N) is 2. The molecule has 1 aliphatic carbocycles. The van der Waals surface area contributed by atoms with Gasteiger partial charge in [0, 0.05) is 18.5 Å². The average molecular weight is 259 g/mol. The summed E-state index contributed by atoms with van der Waals surface area (Å²) < 4.78 is 0. The van der Waals surface area contributed by atoms with Crippen molar-refractivity contribution in [1.29, 1.82) is 0 Å². The van der Waals surface area contributed by atoms with Crippen molar-refractivity contribution in [2.24, 2.45) is 0 Å². The first-order valence-electron chi connectivity index (χ1n) is 6.36. The average Bonchev–Trinajstić information content (AvgIpc) is 3.04. The van der Waals surface area contributed by atoms with E-state index in [1.165, 1.54) is 0 Å². The van der Waals surface area contributed by atoms with Gasteiger partial charge in [-0.2, -0.15) is 5.10 Å². The molecule has 1 heterocycles. The van der Waals surface area contributed by atoms with E-state index >= 15 is 0 Å². The molecule has 1 fully saturated rings. The number of benzene rings is 1. The van der Waals surface area contributed by atoms with Crippen LogP contribution >= 0.6 is 0 Å². The highest BCUT2D eigenvalue weighted by Crippen LogP contribution is 2.27. The fourth-order valence-corrected chi connectivity index (χ4v) is 2.13. The summed E-state index contributed by atoms with van der Waals surface area (Å²) >= 11 is 0. The van der Waals surface area contributed by atoms with E-state index in [0.29, 0.717) is 18.3 Å². The van der Waals surface area contributed by atoms with Crippen LogP contribution in [0.2, 0.25) is 0 Å². The largest absolute Gasteiger partial charge is 0.397 e. The maximum Gasteiger partial charge on any atom is 0.239 e. The molecule has 0 unspecified atom stereocenters. The van der Waals surface area contributed by atoms with Gasteiger partial charge in [0.1, 0.15) is 0 Å². The molecule has 19 heavy (non-hydrogen) atoms. The van der Waals surface area contributed by atoms with Crippen LogP contribution in [0.5, 0.6) is 0 Å². The number of H-pyrrole nitrogens is 1. The Kier molecular flexibility index (Phi) is 2.77. The minimum Gasteiger partial charge on any atom is -0.397 e. The number of aromatic nitrogens is 2. The molecular formula is C13H17N5O. The topological polar surface area (TPSA) is 87.0 Å². The van der Waals surface area contributed by atoms with Crippen LogP contribution in [0.1, 0.15) is 12.8 Å². The van der Waals surface area contributed by atoms with E-state index < -0.39 is 0 Å². The lowest BCUT2D eigenvalue weighted by atomic mass is 10.2. The fourth-order valence-electron chi connectivity index (χ4n) is 2.13. The highest BCUT2D eigenvalue weighted by Gasteiger charge is 2.23. The van der Waals surface area contributed by atoms with Gasteiger partial charge in [0.25, 0.3) is 0 Å². The number of hydrogen-bond donors (Lipinski definition) is 3. The standard InChI is InChI=1S/C13H17N5O/c1-18(7-13(19)16-9-2-3-9)12-5-11-8(4-10(12)14)6-15-17-11/h4-6,9H,2-3,7,14H2,1H3,(H,15,17)(H,16,19). The van der Waals surface area contributed by atoms with Gasteiger partial charge in [-0.3, -0.25) is 9.89 Å². The molecular weight excluding hydrogens is 242 g/mol. The number of carbonyl (C=O) groups excluding carboxylic acids is 1. The van der Waals surface area contributed by atoms with Crippen molar-refractivity contribution in [2.75, 3.05) is 24.2 Å². The third-order valence-electron chi connectivity index (χ3n) is 3.32. The van der Waals surface area contributed by atoms with Crippen molar-refractivity contribution in [3.8, 4) is 0 Å². The van der Waals surface area contributed by atoms with E-state index in [-0.39, 0.29) is 5.91 Å². The summed E-state index contributed by atoms with van der Waals surface area (Å²) in [4.78, 5) is 13.6. The number of fused-ring (bicyclic) bond motifs is 1. The van der Waals surface area contributed by atoms with Crippen molar-refractivity contribution < 1.29 is 4.79 Å². The van der Waals surface area contributed by atoms with Gasteiger partial charge in [0.05, 0.1) is 29.6 Å². The molecule has 100 valence electrons. The van der Waals surface area contributed by atoms with Gasteiger partial charge in [-0.15, -0.1) is 0 Å². The van der Waals surface area contributed by atoms with Crippen LogP contribution in [-0.2, 0) is 4.79 Å². The summed E-state index contributed by atoms with van der Waals surface area (Å²) in [6.45, 7) is 0.306. The predicted molar refractivity (Wildman–Crippen MR) is 74.9 cm³/mol. The molecule has 2 aromatic rings. The molecule has 4 N–H and O–H groups in total. The smallest absolute Gasteiger partial charge is 0.239 e. The molecule has 0 aliphatic heterocycles. The van der Waals surface area contributed by atoms with Gasteiger partial charge in [-0.25, -0.2) is 0 Å². The van der Waals surface area contributed by atoms with Gasteiger partial charge in [0.2, 0.25) is 5.91 Å². The molecule has 0 spiro atoms. The summed E-state index contributed by atoms with van der Waals surface area (Å²) in [6, 6.07) is 4.17. The van der Waals surface area contributed by atoms with Crippen molar-refractivity contribution in [3.63, 3.8) is 0 Å². The molecule has 1 aromatic heterocycles. The molecule has 1 saturated carbocycles. The minimum atomic E-state index is 0.0362. The van der Waals surface area contributed by atoms with Crippen LogP contribution in [0.3, 0.4) is 0 Å². The third-order valence-corrected chi connectivity index (χ3v) is 3.32. The Labute approximate surface area is 111 Å². The van der Waals surface area contributed by atoms with Crippen LogP contribution in [0.4, 0.5) is 11.4 Å². The maximum absolute atomic E-state index is 11.8. The lowest BCUT2D eigenvalue weighted by molar-refractivity contribution is -0.119. The quantitative estimate of drug-likeness (QED) is 0.711. The highest BCUT2D eigenvalue weighted by atomic mass is 16.2. The van der Waals surface area contributed by atoms with Crippen molar-refractivity contribution in [1.82, 2.24) is 15.5 Å². The van der Waals surface area contributed by atoms with Gasteiger partial charge >= 0.3 is 0 Å². The second-order valence-electron chi connectivity index (χ2n) is 5.07. The molecule has 0 saturated heterocycles. The van der Waals surface area contributed by atoms with E-state index in [1.807, 2.05) is 24.1 Å².